The standard InChI is InChI=1S/C19H19NO5/c1-11-9-20(10-15(11)19(23)24)18(22)17-8-7-16(25-17)14-5-3-13(4-6-14)12(2)21/h3-8,11,15H,9-10H2,1-2H3,(H,23,24)/t11-,15-/m1/s1. The summed E-state index contributed by atoms with van der Waals surface area (Å²) in [7, 11) is 0. The smallest absolute Gasteiger partial charge is 0.308 e. The Balaban J connectivity index is 1.76. The summed E-state index contributed by atoms with van der Waals surface area (Å²) in [4.78, 5) is 36.6. The number of aliphatic carboxylic acids is 1. The number of ketones is 1. The summed E-state index contributed by atoms with van der Waals surface area (Å²) in [5, 5.41) is 9.18. The second kappa shape index (κ2) is 6.55. The molecule has 2 aromatic rings. The highest BCUT2D eigenvalue weighted by molar-refractivity contribution is 5.95. The Kier molecular flexibility index (Phi) is 4.44. The first-order valence-electron chi connectivity index (χ1n) is 8.10. The molecule has 2 atom stereocenters. The van der Waals surface area contributed by atoms with E-state index in [-0.39, 0.29) is 29.9 Å². The Morgan fingerprint density at radius 2 is 1.76 bits per heavy atom. The van der Waals surface area contributed by atoms with E-state index in [1.807, 2.05) is 6.92 Å². The third-order valence-corrected chi connectivity index (χ3v) is 4.61. The summed E-state index contributed by atoms with van der Waals surface area (Å²) in [6, 6.07) is 10.2. The van der Waals surface area contributed by atoms with Gasteiger partial charge in [0.2, 0.25) is 0 Å². The van der Waals surface area contributed by atoms with Gasteiger partial charge in [-0.1, -0.05) is 31.2 Å². The van der Waals surface area contributed by atoms with Gasteiger partial charge in [-0.3, -0.25) is 14.4 Å². The van der Waals surface area contributed by atoms with Crippen LogP contribution in [0.3, 0.4) is 0 Å². The number of rotatable bonds is 4. The van der Waals surface area contributed by atoms with E-state index >= 15 is 0 Å². The molecular weight excluding hydrogens is 322 g/mol. The SMILES string of the molecule is CC(=O)c1ccc(-c2ccc(C(=O)N3C[C@@H](C)[C@H](C(=O)O)C3)o2)cc1. The Morgan fingerprint density at radius 3 is 2.32 bits per heavy atom. The van der Waals surface area contributed by atoms with E-state index in [0.29, 0.717) is 17.9 Å². The highest BCUT2D eigenvalue weighted by Crippen LogP contribution is 2.27. The molecule has 0 bridgehead atoms. The third kappa shape index (κ3) is 3.33. The van der Waals surface area contributed by atoms with Crippen molar-refractivity contribution in [1.82, 2.24) is 4.90 Å². The van der Waals surface area contributed by atoms with Gasteiger partial charge in [0.1, 0.15) is 5.76 Å². The normalized spacial score (nSPS) is 19.8. The van der Waals surface area contributed by atoms with Crippen LogP contribution in [0, 0.1) is 11.8 Å². The van der Waals surface area contributed by atoms with Crippen LogP contribution in [0.15, 0.2) is 40.8 Å². The highest BCUT2D eigenvalue weighted by Gasteiger charge is 2.37. The van der Waals surface area contributed by atoms with Gasteiger partial charge in [0, 0.05) is 24.2 Å². The highest BCUT2D eigenvalue weighted by atomic mass is 16.4. The van der Waals surface area contributed by atoms with Crippen LogP contribution in [0.5, 0.6) is 0 Å². The number of carboxylic acid groups (broad SMARTS) is 1. The number of nitrogens with zero attached hydrogens (tertiary/aromatic N) is 1. The molecule has 1 aromatic carbocycles. The molecule has 1 N–H and O–H groups in total. The molecule has 1 aliphatic rings. The van der Waals surface area contributed by atoms with Crippen molar-refractivity contribution in [2.24, 2.45) is 11.8 Å². The number of amides is 1. The Bertz CT molecular complexity index is 821. The van der Waals surface area contributed by atoms with E-state index in [1.54, 1.807) is 36.4 Å². The quantitative estimate of drug-likeness (QED) is 0.864. The zero-order chi connectivity index (χ0) is 18.1. The fourth-order valence-corrected chi connectivity index (χ4v) is 3.09. The third-order valence-electron chi connectivity index (χ3n) is 4.61. The number of benzene rings is 1. The van der Waals surface area contributed by atoms with Crippen molar-refractivity contribution in [1.29, 1.82) is 0 Å². The zero-order valence-electron chi connectivity index (χ0n) is 14.1. The Morgan fingerprint density at radius 1 is 1.08 bits per heavy atom. The average Bonchev–Trinajstić information content (AvgIpc) is 3.21. The number of Topliss-reactive ketones (excluding diaryl/α,β-unsaturated/α-hetero) is 1. The van der Waals surface area contributed by atoms with Crippen molar-refractivity contribution in [2.45, 2.75) is 13.8 Å². The van der Waals surface area contributed by atoms with E-state index in [4.69, 9.17) is 4.42 Å². The summed E-state index contributed by atoms with van der Waals surface area (Å²) in [6.45, 7) is 3.92. The van der Waals surface area contributed by atoms with Crippen LogP contribution in [-0.2, 0) is 4.79 Å². The predicted octanol–water partition coefficient (Wildman–Crippen LogP) is 2.94. The van der Waals surface area contributed by atoms with Crippen LogP contribution in [-0.4, -0.2) is 40.8 Å². The summed E-state index contributed by atoms with van der Waals surface area (Å²) in [5.74, 6) is -1.12. The minimum absolute atomic E-state index is 0.0157. The molecule has 1 aromatic heterocycles. The Hall–Kier alpha value is -2.89. The molecular formula is C19H19NO5. The van der Waals surface area contributed by atoms with E-state index in [2.05, 4.69) is 0 Å². The molecule has 1 fully saturated rings. The number of carboxylic acids is 1. The maximum absolute atomic E-state index is 12.5. The molecule has 0 unspecified atom stereocenters. The zero-order valence-corrected chi connectivity index (χ0v) is 14.1. The van der Waals surface area contributed by atoms with Gasteiger partial charge in [-0.15, -0.1) is 0 Å². The molecule has 0 radical (unpaired) electrons. The number of carbonyl (C=O) groups excluding carboxylic acids is 2. The number of furan rings is 1. The van der Waals surface area contributed by atoms with E-state index in [1.165, 1.54) is 11.8 Å². The molecule has 0 spiro atoms. The maximum atomic E-state index is 12.5. The van der Waals surface area contributed by atoms with Crippen molar-refractivity contribution in [3.8, 4) is 11.3 Å². The van der Waals surface area contributed by atoms with Crippen LogP contribution in [0.4, 0.5) is 0 Å². The molecule has 6 nitrogen and oxygen atoms in total. The van der Waals surface area contributed by atoms with Crippen molar-refractivity contribution in [2.75, 3.05) is 13.1 Å². The molecule has 1 aliphatic heterocycles. The molecule has 3 rings (SSSR count). The molecule has 130 valence electrons. The first kappa shape index (κ1) is 17.0. The largest absolute Gasteiger partial charge is 0.481 e. The van der Waals surface area contributed by atoms with Gasteiger partial charge in [0.25, 0.3) is 5.91 Å². The van der Waals surface area contributed by atoms with Crippen LogP contribution < -0.4 is 0 Å². The summed E-state index contributed by atoms with van der Waals surface area (Å²) < 4.78 is 5.65. The lowest BCUT2D eigenvalue weighted by molar-refractivity contribution is -0.142. The number of likely N-dealkylation sites (tertiary alicyclic amines) is 1. The lowest BCUT2D eigenvalue weighted by atomic mass is 9.99. The predicted molar refractivity (Wildman–Crippen MR) is 90.3 cm³/mol. The van der Waals surface area contributed by atoms with Gasteiger partial charge in [-0.2, -0.15) is 0 Å². The number of hydrogen-bond donors (Lipinski definition) is 1. The lowest BCUT2D eigenvalue weighted by Crippen LogP contribution is -2.29. The van der Waals surface area contributed by atoms with Gasteiger partial charge < -0.3 is 14.4 Å². The molecule has 2 heterocycles. The fraction of sp³-hybridized carbons (Fsp3) is 0.316. The van der Waals surface area contributed by atoms with Gasteiger partial charge in [-0.25, -0.2) is 0 Å². The topological polar surface area (TPSA) is 87.8 Å². The summed E-state index contributed by atoms with van der Waals surface area (Å²) >= 11 is 0. The monoisotopic (exact) mass is 341 g/mol. The van der Waals surface area contributed by atoms with Crippen molar-refractivity contribution < 1.29 is 23.9 Å². The van der Waals surface area contributed by atoms with Crippen molar-refractivity contribution in [3.05, 3.63) is 47.7 Å². The number of carbonyl (C=O) groups is 3. The first-order chi connectivity index (χ1) is 11.9. The molecule has 0 saturated carbocycles. The minimum atomic E-state index is -0.881. The van der Waals surface area contributed by atoms with Crippen molar-refractivity contribution in [3.63, 3.8) is 0 Å². The van der Waals surface area contributed by atoms with E-state index < -0.39 is 11.9 Å². The maximum Gasteiger partial charge on any atom is 0.308 e. The second-order valence-electron chi connectivity index (χ2n) is 6.43. The van der Waals surface area contributed by atoms with Gasteiger partial charge in [0.15, 0.2) is 11.5 Å². The van der Waals surface area contributed by atoms with Crippen LogP contribution in [0.2, 0.25) is 0 Å². The van der Waals surface area contributed by atoms with Gasteiger partial charge in [-0.05, 0) is 25.0 Å². The number of hydrogen-bond acceptors (Lipinski definition) is 4. The van der Waals surface area contributed by atoms with Crippen LogP contribution >= 0.6 is 0 Å². The van der Waals surface area contributed by atoms with E-state index in [0.717, 1.165) is 5.56 Å². The second-order valence-corrected chi connectivity index (χ2v) is 6.43. The van der Waals surface area contributed by atoms with Crippen LogP contribution in [0.25, 0.3) is 11.3 Å². The van der Waals surface area contributed by atoms with Crippen molar-refractivity contribution >= 4 is 17.7 Å². The van der Waals surface area contributed by atoms with Crippen LogP contribution in [0.1, 0.15) is 34.8 Å². The summed E-state index contributed by atoms with van der Waals surface area (Å²) in [5.41, 5.74) is 1.37. The summed E-state index contributed by atoms with van der Waals surface area (Å²) in [6.07, 6.45) is 0. The van der Waals surface area contributed by atoms with E-state index in [9.17, 15) is 19.5 Å². The molecule has 1 saturated heterocycles. The minimum Gasteiger partial charge on any atom is -0.481 e. The molecule has 1 amide bonds. The first-order valence-corrected chi connectivity index (χ1v) is 8.10. The Labute approximate surface area is 145 Å². The average molecular weight is 341 g/mol. The fourth-order valence-electron chi connectivity index (χ4n) is 3.09. The van der Waals surface area contributed by atoms with Gasteiger partial charge in [0.05, 0.1) is 5.92 Å². The molecule has 6 heteroatoms. The lowest BCUT2D eigenvalue weighted by Gasteiger charge is -2.13. The van der Waals surface area contributed by atoms with Gasteiger partial charge >= 0.3 is 5.97 Å². The molecule has 25 heavy (non-hydrogen) atoms. The molecule has 0 aliphatic carbocycles.